The van der Waals surface area contributed by atoms with Crippen molar-refractivity contribution in [2.75, 3.05) is 12.3 Å². The van der Waals surface area contributed by atoms with Crippen molar-refractivity contribution in [3.05, 3.63) is 88.3 Å². The van der Waals surface area contributed by atoms with E-state index in [1.165, 1.54) is 12.1 Å². The third kappa shape index (κ3) is 4.48. The van der Waals surface area contributed by atoms with Crippen molar-refractivity contribution in [3.63, 3.8) is 0 Å². The van der Waals surface area contributed by atoms with Crippen LogP contribution in [-0.2, 0) is 9.84 Å². The van der Waals surface area contributed by atoms with E-state index < -0.39 is 9.84 Å². The first-order valence-corrected chi connectivity index (χ1v) is 10.5. The van der Waals surface area contributed by atoms with Gasteiger partial charge in [-0.05, 0) is 30.3 Å². The Bertz CT molecular complexity index is 958. The first-order chi connectivity index (χ1) is 12.5. The molecule has 0 aliphatic heterocycles. The van der Waals surface area contributed by atoms with Crippen LogP contribution in [0.4, 0.5) is 0 Å². The Morgan fingerprint density at radius 1 is 1.00 bits per heavy atom. The molecule has 0 saturated heterocycles. The fourth-order valence-corrected chi connectivity index (χ4v) is 4.81. The van der Waals surface area contributed by atoms with E-state index in [-0.39, 0.29) is 21.7 Å². The van der Waals surface area contributed by atoms with E-state index in [1.807, 2.05) is 47.8 Å². The van der Waals surface area contributed by atoms with Crippen LogP contribution in [0.25, 0.3) is 0 Å². The minimum absolute atomic E-state index is 0.0584. The molecule has 0 aliphatic rings. The summed E-state index contributed by atoms with van der Waals surface area (Å²) in [7, 11) is -3.54. The molecule has 0 spiro atoms. The Labute approximate surface area is 162 Å². The molecule has 2 aromatic carbocycles. The van der Waals surface area contributed by atoms with Crippen molar-refractivity contribution in [1.29, 1.82) is 0 Å². The lowest BCUT2D eigenvalue weighted by molar-refractivity contribution is -0.685. The van der Waals surface area contributed by atoms with Gasteiger partial charge in [0.2, 0.25) is 0 Å². The Balaban J connectivity index is 1.75. The molecule has 0 bridgehead atoms. The van der Waals surface area contributed by atoms with Gasteiger partial charge in [-0.2, -0.15) is 0 Å². The van der Waals surface area contributed by atoms with E-state index >= 15 is 0 Å². The predicted octanol–water partition coefficient (Wildman–Crippen LogP) is 3.71. The second-order valence-corrected chi connectivity index (χ2v) is 8.74. The van der Waals surface area contributed by atoms with Gasteiger partial charge in [0, 0.05) is 10.6 Å². The van der Waals surface area contributed by atoms with Gasteiger partial charge < -0.3 is 9.73 Å². The van der Waals surface area contributed by atoms with Gasteiger partial charge >= 0.3 is 0 Å². The Hall–Kier alpha value is -1.79. The average molecular weight is 411 g/mol. The van der Waals surface area contributed by atoms with Crippen LogP contribution in [0.1, 0.15) is 17.4 Å². The van der Waals surface area contributed by atoms with E-state index in [2.05, 4.69) is 0 Å². The quantitative estimate of drug-likeness (QED) is 0.645. The molecule has 0 amide bonds. The summed E-state index contributed by atoms with van der Waals surface area (Å²) in [6.45, 7) is 0.353. The SMILES string of the molecule is O=S(=O)(CC[NH2+][C@H](c1ccccc1)c1ccco1)c1cc(Cl)ccc1Cl. The maximum absolute atomic E-state index is 12.6. The molecule has 7 heteroatoms. The van der Waals surface area contributed by atoms with Crippen LogP contribution in [-0.4, -0.2) is 20.7 Å². The van der Waals surface area contributed by atoms with E-state index in [4.69, 9.17) is 27.6 Å². The number of hydrogen-bond acceptors (Lipinski definition) is 3. The fraction of sp³-hybridized carbons (Fsp3) is 0.158. The zero-order chi connectivity index (χ0) is 18.6. The normalized spacial score (nSPS) is 12.8. The van der Waals surface area contributed by atoms with Gasteiger partial charge in [0.25, 0.3) is 0 Å². The Morgan fingerprint density at radius 3 is 2.46 bits per heavy atom. The van der Waals surface area contributed by atoms with E-state index in [9.17, 15) is 8.42 Å². The number of rotatable bonds is 7. The van der Waals surface area contributed by atoms with Gasteiger partial charge in [-0.3, -0.25) is 0 Å². The lowest BCUT2D eigenvalue weighted by Crippen LogP contribution is -2.86. The number of halogens is 2. The lowest BCUT2D eigenvalue weighted by atomic mass is 10.0. The van der Waals surface area contributed by atoms with Crippen molar-refractivity contribution in [3.8, 4) is 0 Å². The number of furan rings is 1. The monoisotopic (exact) mass is 410 g/mol. The molecular formula is C19H18Cl2NO3S+. The van der Waals surface area contributed by atoms with Crippen molar-refractivity contribution >= 4 is 33.0 Å². The first kappa shape index (κ1) is 19.0. The van der Waals surface area contributed by atoms with Gasteiger partial charge in [-0.1, -0.05) is 53.5 Å². The van der Waals surface area contributed by atoms with E-state index in [0.29, 0.717) is 11.6 Å². The van der Waals surface area contributed by atoms with Crippen LogP contribution >= 0.6 is 23.2 Å². The van der Waals surface area contributed by atoms with Gasteiger partial charge in [-0.25, -0.2) is 8.42 Å². The summed E-state index contributed by atoms with van der Waals surface area (Å²) in [5, 5.41) is 2.47. The molecule has 136 valence electrons. The smallest absolute Gasteiger partial charge is 0.185 e. The number of benzene rings is 2. The minimum Gasteiger partial charge on any atom is -0.463 e. The number of quaternary nitrogens is 1. The number of sulfone groups is 1. The van der Waals surface area contributed by atoms with Gasteiger partial charge in [0.05, 0.1) is 22.7 Å². The average Bonchev–Trinajstić information content (AvgIpc) is 3.16. The molecule has 2 N–H and O–H groups in total. The topological polar surface area (TPSA) is 63.9 Å². The highest BCUT2D eigenvalue weighted by Crippen LogP contribution is 2.25. The van der Waals surface area contributed by atoms with Gasteiger partial charge in [0.15, 0.2) is 21.6 Å². The van der Waals surface area contributed by atoms with E-state index in [1.54, 1.807) is 12.3 Å². The summed E-state index contributed by atoms with van der Waals surface area (Å²) in [6, 6.07) is 17.9. The van der Waals surface area contributed by atoms with Crippen molar-refractivity contribution < 1.29 is 18.2 Å². The van der Waals surface area contributed by atoms with Crippen LogP contribution in [0.3, 0.4) is 0 Å². The molecule has 3 rings (SSSR count). The predicted molar refractivity (Wildman–Crippen MR) is 102 cm³/mol. The highest BCUT2D eigenvalue weighted by atomic mass is 35.5. The Kier molecular flexibility index (Phi) is 6.04. The van der Waals surface area contributed by atoms with Crippen molar-refractivity contribution in [2.45, 2.75) is 10.9 Å². The summed E-state index contributed by atoms with van der Waals surface area (Å²) in [5.41, 5.74) is 1.04. The van der Waals surface area contributed by atoms with Gasteiger partial charge in [-0.15, -0.1) is 0 Å². The minimum atomic E-state index is -3.54. The summed E-state index contributed by atoms with van der Waals surface area (Å²) in [4.78, 5) is 0.0642. The number of hydrogen-bond donors (Lipinski definition) is 1. The molecule has 1 atom stereocenters. The fourth-order valence-electron chi connectivity index (χ4n) is 2.76. The lowest BCUT2D eigenvalue weighted by Gasteiger charge is -2.14. The van der Waals surface area contributed by atoms with Crippen LogP contribution < -0.4 is 5.32 Å². The highest BCUT2D eigenvalue weighted by Gasteiger charge is 2.23. The second-order valence-electron chi connectivity index (χ2n) is 5.82. The molecule has 0 fully saturated rings. The third-order valence-corrected chi connectivity index (χ3v) is 6.48. The standard InChI is InChI=1S/C19H17Cl2NO3S/c20-15-8-9-16(21)18(13-15)26(23,24)12-10-22-19(17-7-4-11-25-17)14-5-2-1-3-6-14/h1-9,11,13,19,22H,10,12H2/p+1/t19-/m1/s1. The van der Waals surface area contributed by atoms with Crippen LogP contribution in [0.2, 0.25) is 10.0 Å². The zero-order valence-electron chi connectivity index (χ0n) is 13.8. The molecule has 4 nitrogen and oxygen atoms in total. The highest BCUT2D eigenvalue weighted by molar-refractivity contribution is 7.91. The van der Waals surface area contributed by atoms with Crippen molar-refractivity contribution in [2.24, 2.45) is 0 Å². The first-order valence-electron chi connectivity index (χ1n) is 8.07. The zero-order valence-corrected chi connectivity index (χ0v) is 16.1. The molecule has 0 aliphatic carbocycles. The van der Waals surface area contributed by atoms with E-state index in [0.717, 1.165) is 11.3 Å². The third-order valence-electron chi connectivity index (χ3n) is 4.03. The van der Waals surface area contributed by atoms with Crippen LogP contribution in [0.5, 0.6) is 0 Å². The molecule has 0 unspecified atom stereocenters. The van der Waals surface area contributed by atoms with Crippen molar-refractivity contribution in [1.82, 2.24) is 0 Å². The van der Waals surface area contributed by atoms with Crippen LogP contribution in [0, 0.1) is 0 Å². The summed E-state index contributed by atoms with van der Waals surface area (Å²) < 4.78 is 30.8. The number of nitrogens with two attached hydrogens (primary N) is 1. The molecule has 0 radical (unpaired) electrons. The summed E-state index contributed by atoms with van der Waals surface area (Å²) in [6.07, 6.45) is 1.61. The molecule has 3 aromatic rings. The van der Waals surface area contributed by atoms with Gasteiger partial charge in [0.1, 0.15) is 5.75 Å². The summed E-state index contributed by atoms with van der Waals surface area (Å²) >= 11 is 11.9. The maximum Gasteiger partial charge on any atom is 0.185 e. The maximum atomic E-state index is 12.6. The second kappa shape index (κ2) is 8.27. The molecule has 0 saturated carbocycles. The molecular weight excluding hydrogens is 393 g/mol. The molecule has 26 heavy (non-hydrogen) atoms. The Morgan fingerprint density at radius 2 is 1.77 bits per heavy atom. The molecule has 1 aromatic heterocycles. The van der Waals surface area contributed by atoms with Crippen LogP contribution in [0.15, 0.2) is 76.2 Å². The molecule has 1 heterocycles. The largest absolute Gasteiger partial charge is 0.463 e. The summed E-state index contributed by atoms with van der Waals surface area (Å²) in [5.74, 6) is 0.714.